The molecule has 0 aliphatic carbocycles. The van der Waals surface area contributed by atoms with E-state index in [1.807, 2.05) is 12.1 Å². The van der Waals surface area contributed by atoms with Crippen molar-refractivity contribution in [3.8, 4) is 0 Å². The summed E-state index contributed by atoms with van der Waals surface area (Å²) in [6.07, 6.45) is 0.936. The predicted octanol–water partition coefficient (Wildman–Crippen LogP) is 3.12. The summed E-state index contributed by atoms with van der Waals surface area (Å²) in [6, 6.07) is 6.06. The molecule has 1 unspecified atom stereocenters. The number of aliphatic hydroxyl groups excluding tert-OH is 1. The molecule has 100 valence electrons. The van der Waals surface area contributed by atoms with Crippen LogP contribution in [0.25, 0.3) is 0 Å². The maximum atomic E-state index is 9.58. The van der Waals surface area contributed by atoms with E-state index in [0.29, 0.717) is 6.10 Å². The van der Waals surface area contributed by atoms with E-state index in [-0.39, 0.29) is 0 Å². The standard InChI is InChI=1S/C14H20BrNO2/c1-3-12-9-16(6-7-18-12)14-5-4-11(10(2)17)8-13(14)15/h4-5,8,10,12,17H,3,6-7,9H2,1-2H3/t10-,12?/m0/s1. The van der Waals surface area contributed by atoms with Crippen molar-refractivity contribution in [3.63, 3.8) is 0 Å². The molecule has 0 bridgehead atoms. The van der Waals surface area contributed by atoms with Gasteiger partial charge in [0.2, 0.25) is 0 Å². The Kier molecular flexibility index (Phi) is 4.65. The summed E-state index contributed by atoms with van der Waals surface area (Å²) < 4.78 is 6.72. The van der Waals surface area contributed by atoms with Gasteiger partial charge in [0.1, 0.15) is 0 Å². The first kappa shape index (κ1) is 13.8. The molecule has 0 radical (unpaired) electrons. The van der Waals surface area contributed by atoms with Crippen LogP contribution in [0.1, 0.15) is 31.9 Å². The average Bonchev–Trinajstić information content (AvgIpc) is 2.38. The van der Waals surface area contributed by atoms with Crippen molar-refractivity contribution in [2.45, 2.75) is 32.5 Å². The third-order valence-electron chi connectivity index (χ3n) is 3.39. The van der Waals surface area contributed by atoms with Crippen molar-refractivity contribution >= 4 is 21.6 Å². The highest BCUT2D eigenvalue weighted by molar-refractivity contribution is 9.10. The number of rotatable bonds is 3. The van der Waals surface area contributed by atoms with E-state index in [1.54, 1.807) is 6.92 Å². The summed E-state index contributed by atoms with van der Waals surface area (Å²) in [5.74, 6) is 0. The fraction of sp³-hybridized carbons (Fsp3) is 0.571. The summed E-state index contributed by atoms with van der Waals surface area (Å²) in [7, 11) is 0. The third kappa shape index (κ3) is 3.05. The zero-order chi connectivity index (χ0) is 13.1. The number of hydrogen-bond acceptors (Lipinski definition) is 3. The van der Waals surface area contributed by atoms with Crippen LogP contribution in [0.15, 0.2) is 22.7 Å². The van der Waals surface area contributed by atoms with Gasteiger partial charge >= 0.3 is 0 Å². The number of anilines is 1. The molecular weight excluding hydrogens is 294 g/mol. The van der Waals surface area contributed by atoms with Gasteiger partial charge in [-0.25, -0.2) is 0 Å². The van der Waals surface area contributed by atoms with Crippen molar-refractivity contribution in [1.82, 2.24) is 0 Å². The largest absolute Gasteiger partial charge is 0.389 e. The highest BCUT2D eigenvalue weighted by Gasteiger charge is 2.20. The van der Waals surface area contributed by atoms with E-state index in [1.165, 1.54) is 5.69 Å². The quantitative estimate of drug-likeness (QED) is 0.930. The molecular formula is C14H20BrNO2. The van der Waals surface area contributed by atoms with Crippen LogP contribution in [0.3, 0.4) is 0 Å². The van der Waals surface area contributed by atoms with Crippen molar-refractivity contribution in [1.29, 1.82) is 0 Å². The number of morpholine rings is 1. The summed E-state index contributed by atoms with van der Waals surface area (Å²) in [4.78, 5) is 2.34. The van der Waals surface area contributed by atoms with Crippen molar-refractivity contribution in [2.24, 2.45) is 0 Å². The van der Waals surface area contributed by atoms with Crippen LogP contribution in [-0.2, 0) is 4.74 Å². The first-order valence-electron chi connectivity index (χ1n) is 6.46. The van der Waals surface area contributed by atoms with Crippen LogP contribution in [-0.4, -0.2) is 30.9 Å². The lowest BCUT2D eigenvalue weighted by Crippen LogP contribution is -2.42. The maximum absolute atomic E-state index is 9.58. The maximum Gasteiger partial charge on any atom is 0.0762 e. The molecule has 2 atom stereocenters. The van der Waals surface area contributed by atoms with Crippen LogP contribution in [0.5, 0.6) is 0 Å². The van der Waals surface area contributed by atoms with Gasteiger partial charge in [0.15, 0.2) is 0 Å². The van der Waals surface area contributed by atoms with Crippen LogP contribution in [0, 0.1) is 0 Å². The Balaban J connectivity index is 2.17. The Morgan fingerprint density at radius 3 is 2.94 bits per heavy atom. The molecule has 0 aromatic heterocycles. The van der Waals surface area contributed by atoms with E-state index < -0.39 is 6.10 Å². The van der Waals surface area contributed by atoms with Gasteiger partial charge in [-0.05, 0) is 47.0 Å². The van der Waals surface area contributed by atoms with Gasteiger partial charge in [-0.15, -0.1) is 0 Å². The van der Waals surface area contributed by atoms with Gasteiger partial charge in [0.25, 0.3) is 0 Å². The molecule has 0 saturated carbocycles. The Hall–Kier alpha value is -0.580. The molecule has 18 heavy (non-hydrogen) atoms. The molecule has 4 heteroatoms. The van der Waals surface area contributed by atoms with Gasteiger partial charge in [-0.2, -0.15) is 0 Å². The first-order chi connectivity index (χ1) is 8.61. The second-order valence-corrected chi connectivity index (χ2v) is 5.59. The SMILES string of the molecule is CCC1CN(c2ccc([C@H](C)O)cc2Br)CCO1. The fourth-order valence-electron chi connectivity index (χ4n) is 2.22. The Morgan fingerprint density at radius 1 is 1.56 bits per heavy atom. The predicted molar refractivity (Wildman–Crippen MR) is 77.0 cm³/mol. The molecule has 1 N–H and O–H groups in total. The Bertz CT molecular complexity index is 409. The van der Waals surface area contributed by atoms with Crippen LogP contribution >= 0.6 is 15.9 Å². The van der Waals surface area contributed by atoms with E-state index in [9.17, 15) is 5.11 Å². The summed E-state index contributed by atoms with van der Waals surface area (Å²) in [5, 5.41) is 9.58. The lowest BCUT2D eigenvalue weighted by Gasteiger charge is -2.34. The number of benzene rings is 1. The van der Waals surface area contributed by atoms with E-state index in [2.05, 4.69) is 33.8 Å². The second-order valence-electron chi connectivity index (χ2n) is 4.73. The lowest BCUT2D eigenvalue weighted by molar-refractivity contribution is 0.0384. The number of halogens is 1. The van der Waals surface area contributed by atoms with E-state index in [4.69, 9.17) is 4.74 Å². The first-order valence-corrected chi connectivity index (χ1v) is 7.25. The number of nitrogens with zero attached hydrogens (tertiary/aromatic N) is 1. The summed E-state index contributed by atoms with van der Waals surface area (Å²) >= 11 is 3.60. The molecule has 1 saturated heterocycles. The fourth-order valence-corrected chi connectivity index (χ4v) is 2.87. The normalized spacial score (nSPS) is 22.0. The summed E-state index contributed by atoms with van der Waals surface area (Å²) in [5.41, 5.74) is 2.12. The molecule has 1 aromatic rings. The highest BCUT2D eigenvalue weighted by atomic mass is 79.9. The van der Waals surface area contributed by atoms with Gasteiger partial charge in [-0.3, -0.25) is 0 Å². The number of aliphatic hydroxyl groups is 1. The Morgan fingerprint density at radius 2 is 2.33 bits per heavy atom. The van der Waals surface area contributed by atoms with Gasteiger partial charge in [0.05, 0.1) is 24.5 Å². The zero-order valence-corrected chi connectivity index (χ0v) is 12.5. The van der Waals surface area contributed by atoms with Gasteiger partial charge in [0, 0.05) is 17.6 Å². The second kappa shape index (κ2) is 6.04. The van der Waals surface area contributed by atoms with Crippen molar-refractivity contribution in [2.75, 3.05) is 24.6 Å². The molecule has 2 rings (SSSR count). The average molecular weight is 314 g/mol. The van der Waals surface area contributed by atoms with Crippen LogP contribution in [0.4, 0.5) is 5.69 Å². The molecule has 1 heterocycles. The Labute approximate surface area is 117 Å². The van der Waals surface area contributed by atoms with Crippen LogP contribution < -0.4 is 4.90 Å². The molecule has 1 aliphatic heterocycles. The molecule has 3 nitrogen and oxygen atoms in total. The summed E-state index contributed by atoms with van der Waals surface area (Å²) in [6.45, 7) is 6.57. The molecule has 1 aromatic carbocycles. The van der Waals surface area contributed by atoms with Crippen molar-refractivity contribution in [3.05, 3.63) is 28.2 Å². The minimum Gasteiger partial charge on any atom is -0.389 e. The third-order valence-corrected chi connectivity index (χ3v) is 4.02. The van der Waals surface area contributed by atoms with Gasteiger partial charge in [-0.1, -0.05) is 13.0 Å². The minimum absolute atomic E-state index is 0.321. The lowest BCUT2D eigenvalue weighted by atomic mass is 10.1. The molecule has 1 fully saturated rings. The molecule has 0 spiro atoms. The van der Waals surface area contributed by atoms with E-state index in [0.717, 1.165) is 36.2 Å². The number of ether oxygens (including phenoxy) is 1. The topological polar surface area (TPSA) is 32.7 Å². The van der Waals surface area contributed by atoms with Crippen molar-refractivity contribution < 1.29 is 9.84 Å². The monoisotopic (exact) mass is 313 g/mol. The minimum atomic E-state index is -0.427. The molecule has 1 aliphatic rings. The highest BCUT2D eigenvalue weighted by Crippen LogP contribution is 2.30. The van der Waals surface area contributed by atoms with E-state index >= 15 is 0 Å². The van der Waals surface area contributed by atoms with Crippen LogP contribution in [0.2, 0.25) is 0 Å². The zero-order valence-electron chi connectivity index (χ0n) is 10.9. The smallest absolute Gasteiger partial charge is 0.0762 e. The molecule has 0 amide bonds. The number of hydrogen-bond donors (Lipinski definition) is 1. The van der Waals surface area contributed by atoms with Gasteiger partial charge < -0.3 is 14.7 Å².